The molecule has 0 radical (unpaired) electrons. The third-order valence-electron chi connectivity index (χ3n) is 3.66. The van der Waals surface area contributed by atoms with Gasteiger partial charge in [0.05, 0.1) is 10.2 Å². The Bertz CT molecular complexity index is 906. The summed E-state index contributed by atoms with van der Waals surface area (Å²) in [6, 6.07) is 24.7. The maximum Gasteiger partial charge on any atom is 0.195 e. The second kappa shape index (κ2) is 6.67. The van der Waals surface area contributed by atoms with E-state index < -0.39 is 0 Å². The number of halogens is 2. The molecule has 2 nitrogen and oxygen atoms in total. The zero-order chi connectivity index (χ0) is 16.5. The van der Waals surface area contributed by atoms with Crippen LogP contribution in [-0.2, 0) is 0 Å². The van der Waals surface area contributed by atoms with Crippen molar-refractivity contribution in [2.75, 3.05) is 4.90 Å². The minimum atomic E-state index is 0.940. The van der Waals surface area contributed by atoms with Gasteiger partial charge in [-0.1, -0.05) is 47.7 Å². The van der Waals surface area contributed by atoms with Crippen LogP contribution in [0.3, 0.4) is 0 Å². The molecular formula is C19H12Br2N2S. The first-order valence-corrected chi connectivity index (χ1v) is 9.79. The van der Waals surface area contributed by atoms with Crippen LogP contribution in [0, 0.1) is 0 Å². The van der Waals surface area contributed by atoms with Gasteiger partial charge in [0.2, 0.25) is 0 Å². The molecule has 0 N–H and O–H groups in total. The zero-order valence-electron chi connectivity index (χ0n) is 12.5. The van der Waals surface area contributed by atoms with Gasteiger partial charge in [0.1, 0.15) is 0 Å². The number of nitrogens with zero attached hydrogens (tertiary/aromatic N) is 2. The minimum Gasteiger partial charge on any atom is -0.286 e. The smallest absolute Gasteiger partial charge is 0.195 e. The molecule has 3 aromatic carbocycles. The van der Waals surface area contributed by atoms with Crippen LogP contribution in [0.15, 0.2) is 81.7 Å². The number of benzene rings is 3. The van der Waals surface area contributed by atoms with Crippen molar-refractivity contribution in [3.8, 4) is 0 Å². The highest BCUT2D eigenvalue weighted by molar-refractivity contribution is 9.11. The molecular weight excluding hydrogens is 448 g/mol. The number of anilines is 3. The van der Waals surface area contributed by atoms with E-state index in [-0.39, 0.29) is 0 Å². The number of hydrogen-bond donors (Lipinski definition) is 0. The molecule has 0 saturated heterocycles. The molecule has 0 spiro atoms. The van der Waals surface area contributed by atoms with E-state index in [1.807, 2.05) is 48.5 Å². The van der Waals surface area contributed by atoms with Crippen LogP contribution in [0.2, 0.25) is 0 Å². The molecule has 0 fully saturated rings. The Morgan fingerprint density at radius 2 is 1.25 bits per heavy atom. The summed E-state index contributed by atoms with van der Waals surface area (Å²) in [5.41, 5.74) is 3.16. The van der Waals surface area contributed by atoms with Crippen molar-refractivity contribution in [3.05, 3.63) is 81.7 Å². The summed E-state index contributed by atoms with van der Waals surface area (Å²) in [6.07, 6.45) is 0. The lowest BCUT2D eigenvalue weighted by Gasteiger charge is -2.22. The van der Waals surface area contributed by atoms with E-state index >= 15 is 0 Å². The Morgan fingerprint density at radius 1 is 0.708 bits per heavy atom. The standard InChI is InChI=1S/C19H12Br2N2S/c20-15-11-12-16(21)18-17(15)22-19(24-18)23(13-7-3-1-4-8-13)14-9-5-2-6-10-14/h1-12H. The summed E-state index contributed by atoms with van der Waals surface area (Å²) in [7, 11) is 0. The van der Waals surface area contributed by atoms with Crippen molar-refractivity contribution in [2.24, 2.45) is 0 Å². The van der Waals surface area contributed by atoms with E-state index in [1.54, 1.807) is 11.3 Å². The van der Waals surface area contributed by atoms with Gasteiger partial charge in [0.25, 0.3) is 0 Å². The first kappa shape index (κ1) is 15.8. The average molecular weight is 460 g/mol. The van der Waals surface area contributed by atoms with Crippen molar-refractivity contribution >= 4 is 69.9 Å². The van der Waals surface area contributed by atoms with E-state index in [1.165, 1.54) is 0 Å². The number of thiazole rings is 1. The van der Waals surface area contributed by atoms with E-state index in [0.29, 0.717) is 0 Å². The average Bonchev–Trinajstić information content (AvgIpc) is 3.07. The maximum absolute atomic E-state index is 4.89. The molecule has 0 amide bonds. The molecule has 0 atom stereocenters. The highest BCUT2D eigenvalue weighted by atomic mass is 79.9. The number of aromatic nitrogens is 1. The third-order valence-corrected chi connectivity index (χ3v) is 6.29. The van der Waals surface area contributed by atoms with E-state index in [2.05, 4.69) is 61.0 Å². The van der Waals surface area contributed by atoms with Gasteiger partial charge in [-0.3, -0.25) is 4.90 Å². The molecule has 5 heteroatoms. The number of rotatable bonds is 3. The van der Waals surface area contributed by atoms with E-state index in [4.69, 9.17) is 4.98 Å². The maximum atomic E-state index is 4.89. The second-order valence-corrected chi connectivity index (χ2v) is 7.90. The summed E-state index contributed by atoms with van der Waals surface area (Å²) < 4.78 is 3.20. The second-order valence-electron chi connectivity index (χ2n) is 5.21. The quantitative estimate of drug-likeness (QED) is 0.319. The Kier molecular flexibility index (Phi) is 4.39. The Labute approximate surface area is 161 Å². The van der Waals surface area contributed by atoms with Gasteiger partial charge < -0.3 is 0 Å². The lowest BCUT2D eigenvalue weighted by Crippen LogP contribution is -2.09. The zero-order valence-corrected chi connectivity index (χ0v) is 16.5. The molecule has 0 aliphatic carbocycles. The Balaban J connectivity index is 1.95. The van der Waals surface area contributed by atoms with Crippen LogP contribution >= 0.6 is 43.2 Å². The van der Waals surface area contributed by atoms with Gasteiger partial charge in [-0.05, 0) is 68.3 Å². The molecule has 0 bridgehead atoms. The summed E-state index contributed by atoms with van der Waals surface area (Å²) in [6.45, 7) is 0. The molecule has 24 heavy (non-hydrogen) atoms. The van der Waals surface area contributed by atoms with Gasteiger partial charge in [0.15, 0.2) is 5.13 Å². The van der Waals surface area contributed by atoms with Crippen LogP contribution in [0.1, 0.15) is 0 Å². The molecule has 118 valence electrons. The first-order chi connectivity index (χ1) is 11.7. The lowest BCUT2D eigenvalue weighted by molar-refractivity contribution is 1.25. The molecule has 0 aliphatic heterocycles. The molecule has 0 unspecified atom stereocenters. The van der Waals surface area contributed by atoms with E-state index in [0.717, 1.165) is 35.7 Å². The molecule has 4 aromatic rings. The Hall–Kier alpha value is -1.69. The summed E-state index contributed by atoms with van der Waals surface area (Å²) >= 11 is 8.92. The molecule has 1 aromatic heterocycles. The predicted octanol–water partition coefficient (Wildman–Crippen LogP) is 7.29. The lowest BCUT2D eigenvalue weighted by atomic mass is 10.2. The molecule has 0 saturated carbocycles. The summed E-state index contributed by atoms with van der Waals surface area (Å²) in [4.78, 5) is 7.08. The number of para-hydroxylation sites is 2. The van der Waals surface area contributed by atoms with Gasteiger partial charge in [-0.2, -0.15) is 0 Å². The summed E-state index contributed by atoms with van der Waals surface area (Å²) in [5, 5.41) is 0.940. The molecule has 4 rings (SSSR count). The fourth-order valence-corrected chi connectivity index (χ4v) is 4.71. The van der Waals surface area contributed by atoms with Crippen LogP contribution < -0.4 is 4.90 Å². The molecule has 0 aliphatic rings. The van der Waals surface area contributed by atoms with Gasteiger partial charge in [-0.15, -0.1) is 0 Å². The predicted molar refractivity (Wildman–Crippen MR) is 110 cm³/mol. The van der Waals surface area contributed by atoms with Gasteiger partial charge in [-0.25, -0.2) is 4.98 Å². The van der Waals surface area contributed by atoms with Crippen molar-refractivity contribution in [3.63, 3.8) is 0 Å². The highest BCUT2D eigenvalue weighted by Crippen LogP contribution is 2.42. The SMILES string of the molecule is Brc1ccc(Br)c2sc(N(c3ccccc3)c3ccccc3)nc12. The minimum absolute atomic E-state index is 0.940. The largest absolute Gasteiger partial charge is 0.286 e. The first-order valence-electron chi connectivity index (χ1n) is 7.39. The fourth-order valence-electron chi connectivity index (χ4n) is 2.55. The third kappa shape index (κ3) is 2.88. The van der Waals surface area contributed by atoms with Gasteiger partial charge in [0, 0.05) is 20.3 Å². The fraction of sp³-hybridized carbons (Fsp3) is 0. The van der Waals surface area contributed by atoms with Crippen molar-refractivity contribution < 1.29 is 0 Å². The van der Waals surface area contributed by atoms with Crippen molar-refractivity contribution in [1.82, 2.24) is 4.98 Å². The van der Waals surface area contributed by atoms with Crippen LogP contribution in [-0.4, -0.2) is 4.98 Å². The van der Waals surface area contributed by atoms with Crippen LogP contribution in [0.25, 0.3) is 10.2 Å². The van der Waals surface area contributed by atoms with Crippen molar-refractivity contribution in [2.45, 2.75) is 0 Å². The van der Waals surface area contributed by atoms with Gasteiger partial charge >= 0.3 is 0 Å². The number of fused-ring (bicyclic) bond motifs is 1. The van der Waals surface area contributed by atoms with Crippen LogP contribution in [0.4, 0.5) is 16.5 Å². The normalized spacial score (nSPS) is 10.9. The topological polar surface area (TPSA) is 16.1 Å². The van der Waals surface area contributed by atoms with Crippen molar-refractivity contribution in [1.29, 1.82) is 0 Å². The molecule has 1 heterocycles. The number of hydrogen-bond acceptors (Lipinski definition) is 3. The monoisotopic (exact) mass is 458 g/mol. The van der Waals surface area contributed by atoms with Crippen LogP contribution in [0.5, 0.6) is 0 Å². The highest BCUT2D eigenvalue weighted by Gasteiger charge is 2.18. The van der Waals surface area contributed by atoms with E-state index in [9.17, 15) is 0 Å². The Morgan fingerprint density at radius 3 is 1.79 bits per heavy atom. The summed E-state index contributed by atoms with van der Waals surface area (Å²) in [5.74, 6) is 0.